The van der Waals surface area contributed by atoms with Gasteiger partial charge in [-0.05, 0) is 24.3 Å². The maximum atomic E-state index is 14.2. The predicted octanol–water partition coefficient (Wildman–Crippen LogP) is 4.30. The number of carbonyl (C=O) groups excluding carboxylic acids is 1. The molecule has 2 rings (SSSR count). The van der Waals surface area contributed by atoms with Crippen molar-refractivity contribution < 1.29 is 40.2 Å². The second-order valence-electron chi connectivity index (χ2n) is 5.56. The van der Waals surface area contributed by atoms with E-state index in [2.05, 4.69) is 4.74 Å². The summed E-state index contributed by atoms with van der Waals surface area (Å²) < 4.78 is 84.0. The van der Waals surface area contributed by atoms with Crippen LogP contribution in [0.15, 0.2) is 30.3 Å². The molecular formula is C16H11Cl2F4NO5S. The van der Waals surface area contributed by atoms with Crippen molar-refractivity contribution in [2.45, 2.75) is 13.0 Å². The molecule has 1 amide bonds. The van der Waals surface area contributed by atoms with E-state index in [0.717, 1.165) is 30.5 Å². The molecule has 2 aromatic carbocycles. The van der Waals surface area contributed by atoms with Crippen molar-refractivity contribution in [1.82, 2.24) is 4.72 Å². The molecule has 0 aliphatic carbocycles. The second kappa shape index (κ2) is 8.64. The smallest absolute Gasteiger partial charge is 0.489 e. The minimum absolute atomic E-state index is 0.0494. The van der Waals surface area contributed by atoms with Gasteiger partial charge in [-0.1, -0.05) is 23.2 Å². The van der Waals surface area contributed by atoms with E-state index >= 15 is 0 Å². The molecule has 0 heterocycles. The summed E-state index contributed by atoms with van der Waals surface area (Å²) in [5.74, 6) is -3.07. The first-order valence-electron chi connectivity index (χ1n) is 7.43. The molecular weight excluding hydrogens is 465 g/mol. The molecule has 0 unspecified atom stereocenters. The molecule has 0 bridgehead atoms. The van der Waals surface area contributed by atoms with Gasteiger partial charge in [0.1, 0.15) is 18.2 Å². The van der Waals surface area contributed by atoms with Crippen LogP contribution in [0.5, 0.6) is 11.5 Å². The molecule has 0 aliphatic heterocycles. The Kier molecular flexibility index (Phi) is 6.86. The number of hydrogen-bond donors (Lipinski definition) is 1. The Hall–Kier alpha value is -2.24. The Morgan fingerprint density at radius 2 is 1.79 bits per heavy atom. The summed E-state index contributed by atoms with van der Waals surface area (Å²) >= 11 is 11.6. The summed E-state index contributed by atoms with van der Waals surface area (Å²) in [4.78, 5) is 11.8. The number of amides is 1. The van der Waals surface area contributed by atoms with Crippen molar-refractivity contribution in [1.29, 1.82) is 0 Å². The molecule has 0 saturated carbocycles. The Morgan fingerprint density at radius 1 is 1.14 bits per heavy atom. The van der Waals surface area contributed by atoms with Gasteiger partial charge in [0, 0.05) is 16.7 Å². The van der Waals surface area contributed by atoms with E-state index in [1.165, 1.54) is 6.07 Å². The maximum absolute atomic E-state index is 14.2. The third-order valence-electron chi connectivity index (χ3n) is 3.18. The lowest BCUT2D eigenvalue weighted by molar-refractivity contribution is -0.274. The second-order valence-corrected chi connectivity index (χ2v) is 8.12. The highest BCUT2D eigenvalue weighted by molar-refractivity contribution is 7.89. The van der Waals surface area contributed by atoms with E-state index < -0.39 is 39.4 Å². The van der Waals surface area contributed by atoms with Gasteiger partial charge in [-0.3, -0.25) is 4.79 Å². The molecule has 13 heteroatoms. The number of carbonyl (C=O) groups is 1. The zero-order chi connectivity index (χ0) is 22.0. The molecule has 29 heavy (non-hydrogen) atoms. The molecule has 0 atom stereocenters. The lowest BCUT2D eigenvalue weighted by Crippen LogP contribution is -2.30. The van der Waals surface area contributed by atoms with Crippen LogP contribution in [0.25, 0.3) is 0 Å². The molecule has 1 N–H and O–H groups in total. The third-order valence-corrected chi connectivity index (χ3v) is 4.40. The molecule has 0 radical (unpaired) electrons. The van der Waals surface area contributed by atoms with E-state index in [1.807, 2.05) is 0 Å². The summed E-state index contributed by atoms with van der Waals surface area (Å²) in [6.45, 7) is -0.378. The van der Waals surface area contributed by atoms with Crippen LogP contribution in [0.3, 0.4) is 0 Å². The lowest BCUT2D eigenvalue weighted by atomic mass is 10.1. The predicted molar refractivity (Wildman–Crippen MR) is 96.2 cm³/mol. The summed E-state index contributed by atoms with van der Waals surface area (Å²) in [5, 5.41) is -0.439. The van der Waals surface area contributed by atoms with Crippen LogP contribution in [0.4, 0.5) is 17.6 Å². The number of hydrogen-bond acceptors (Lipinski definition) is 5. The standard InChI is InChI=1S/C16H11Cl2F4NO5S/c1-29(25,26)23-15(24)10-6-12(18)8(4-13(10)19)7-27-9-2-3-11(17)14(5-9)28-16(20,21)22/h2-6H,7H2,1H3,(H,23,24). The first kappa shape index (κ1) is 23.0. The Labute approximate surface area is 172 Å². The first-order chi connectivity index (χ1) is 13.2. The minimum Gasteiger partial charge on any atom is -0.489 e. The molecule has 0 spiro atoms. The van der Waals surface area contributed by atoms with Crippen molar-refractivity contribution in [3.63, 3.8) is 0 Å². The number of ether oxygens (including phenoxy) is 2. The van der Waals surface area contributed by atoms with Gasteiger partial charge in [0.15, 0.2) is 5.75 Å². The normalized spacial score (nSPS) is 11.8. The van der Waals surface area contributed by atoms with Crippen molar-refractivity contribution in [3.8, 4) is 11.5 Å². The summed E-state index contributed by atoms with van der Waals surface area (Å²) in [7, 11) is -3.91. The molecule has 0 fully saturated rings. The van der Waals surface area contributed by atoms with Gasteiger partial charge >= 0.3 is 6.36 Å². The third kappa shape index (κ3) is 6.94. The number of rotatable bonds is 6. The van der Waals surface area contributed by atoms with Crippen molar-refractivity contribution in [2.24, 2.45) is 0 Å². The highest BCUT2D eigenvalue weighted by Crippen LogP contribution is 2.34. The summed E-state index contributed by atoms with van der Waals surface area (Å²) in [6, 6.07) is 4.98. The Morgan fingerprint density at radius 3 is 2.38 bits per heavy atom. The van der Waals surface area contributed by atoms with Gasteiger partial charge in [-0.15, -0.1) is 13.2 Å². The van der Waals surface area contributed by atoms with Gasteiger partial charge in [-0.25, -0.2) is 17.5 Å². The van der Waals surface area contributed by atoms with E-state index in [0.29, 0.717) is 0 Å². The number of sulfonamides is 1. The molecule has 0 aliphatic rings. The molecule has 0 aromatic heterocycles. The monoisotopic (exact) mass is 475 g/mol. The first-order valence-corrected chi connectivity index (χ1v) is 10.1. The van der Waals surface area contributed by atoms with Gasteiger partial charge in [0.2, 0.25) is 10.0 Å². The van der Waals surface area contributed by atoms with Crippen LogP contribution >= 0.6 is 23.2 Å². The maximum Gasteiger partial charge on any atom is 0.573 e. The number of halogens is 6. The number of benzene rings is 2. The summed E-state index contributed by atoms with van der Waals surface area (Å²) in [6.07, 6.45) is -4.24. The SMILES string of the molecule is CS(=O)(=O)NC(=O)c1cc(Cl)c(COc2ccc(Cl)c(OC(F)(F)F)c2)cc1F. The van der Waals surface area contributed by atoms with Crippen molar-refractivity contribution >= 4 is 39.1 Å². The molecule has 158 valence electrons. The lowest BCUT2D eigenvalue weighted by Gasteiger charge is -2.13. The fourth-order valence-corrected chi connectivity index (χ4v) is 2.85. The van der Waals surface area contributed by atoms with Crippen LogP contribution in [0, 0.1) is 5.82 Å². The van der Waals surface area contributed by atoms with E-state index in [1.54, 1.807) is 4.72 Å². The molecule has 6 nitrogen and oxygen atoms in total. The zero-order valence-electron chi connectivity index (χ0n) is 14.3. The summed E-state index contributed by atoms with van der Waals surface area (Å²) in [5.41, 5.74) is -0.565. The van der Waals surface area contributed by atoms with Crippen LogP contribution in [-0.4, -0.2) is 26.9 Å². The average molecular weight is 476 g/mol. The van der Waals surface area contributed by atoms with E-state index in [-0.39, 0.29) is 28.0 Å². The number of alkyl halides is 3. The van der Waals surface area contributed by atoms with Crippen LogP contribution in [0.2, 0.25) is 10.0 Å². The van der Waals surface area contributed by atoms with Crippen LogP contribution in [0.1, 0.15) is 15.9 Å². The van der Waals surface area contributed by atoms with Gasteiger partial charge < -0.3 is 9.47 Å². The topological polar surface area (TPSA) is 81.7 Å². The number of nitrogens with one attached hydrogen (secondary N) is 1. The van der Waals surface area contributed by atoms with E-state index in [9.17, 15) is 30.8 Å². The minimum atomic E-state index is -4.96. The van der Waals surface area contributed by atoms with Crippen LogP contribution in [-0.2, 0) is 16.6 Å². The van der Waals surface area contributed by atoms with Gasteiger partial charge in [-0.2, -0.15) is 0 Å². The highest BCUT2D eigenvalue weighted by atomic mass is 35.5. The quantitative estimate of drug-likeness (QED) is 0.629. The zero-order valence-corrected chi connectivity index (χ0v) is 16.6. The van der Waals surface area contributed by atoms with E-state index in [4.69, 9.17) is 27.9 Å². The fraction of sp³-hybridized carbons (Fsp3) is 0.188. The Balaban J connectivity index is 2.18. The molecule has 2 aromatic rings. The fourth-order valence-electron chi connectivity index (χ4n) is 2.03. The average Bonchev–Trinajstić information content (AvgIpc) is 2.55. The van der Waals surface area contributed by atoms with Crippen molar-refractivity contribution in [2.75, 3.05) is 6.26 Å². The van der Waals surface area contributed by atoms with Gasteiger partial charge in [0.05, 0.1) is 16.8 Å². The largest absolute Gasteiger partial charge is 0.573 e. The highest BCUT2D eigenvalue weighted by Gasteiger charge is 2.32. The van der Waals surface area contributed by atoms with Crippen LogP contribution < -0.4 is 14.2 Å². The van der Waals surface area contributed by atoms with Crippen molar-refractivity contribution in [3.05, 3.63) is 57.3 Å². The van der Waals surface area contributed by atoms with Gasteiger partial charge in [0.25, 0.3) is 5.91 Å². The Bertz CT molecular complexity index is 1040. The molecule has 0 saturated heterocycles.